The molecule has 2 atom stereocenters. The van der Waals surface area contributed by atoms with Crippen molar-refractivity contribution in [1.82, 2.24) is 10.6 Å². The quantitative estimate of drug-likeness (QED) is 0.163. The number of ether oxygens (including phenoxy) is 4. The Morgan fingerprint density at radius 2 is 1.08 bits per heavy atom. The summed E-state index contributed by atoms with van der Waals surface area (Å²) >= 11 is 0. The van der Waals surface area contributed by atoms with Crippen LogP contribution in [0.1, 0.15) is 47.9 Å². The first-order valence-electron chi connectivity index (χ1n) is 12.4. The van der Waals surface area contributed by atoms with Gasteiger partial charge < -0.3 is 29.6 Å². The molecule has 0 spiro atoms. The first-order valence-corrected chi connectivity index (χ1v) is 12.4. The van der Waals surface area contributed by atoms with Crippen molar-refractivity contribution in [2.75, 3.05) is 40.5 Å². The molecule has 2 aromatic rings. The maximum Gasteiger partial charge on any atom is 0.425 e. The Balaban J connectivity index is 1.89. The van der Waals surface area contributed by atoms with Crippen LogP contribution in [0.5, 0.6) is 0 Å². The van der Waals surface area contributed by atoms with E-state index < -0.39 is 35.7 Å². The van der Waals surface area contributed by atoms with E-state index in [-0.39, 0.29) is 0 Å². The number of hydrogen-bond acceptors (Lipinski definition) is 10. The standard InChI is InChI=1S/C28H36N2O8/c1-19(23-9-5-7-21(15-23)17-29-11-13-35-3)25(31)37-27(33)28(34)38-26(32)20(2)24-10-6-8-22(16-24)18-30-12-14-36-4/h5-10,15-16,19-20,29-30H,11-14,17-18H2,1-4H3. The van der Waals surface area contributed by atoms with Crippen LogP contribution in [-0.2, 0) is 51.2 Å². The lowest BCUT2D eigenvalue weighted by Crippen LogP contribution is -2.29. The summed E-state index contributed by atoms with van der Waals surface area (Å²) in [7, 11) is 3.24. The van der Waals surface area contributed by atoms with Crippen LogP contribution in [0.2, 0.25) is 0 Å². The zero-order chi connectivity index (χ0) is 27.9. The first-order chi connectivity index (χ1) is 18.3. The topological polar surface area (TPSA) is 129 Å². The fourth-order valence-corrected chi connectivity index (χ4v) is 3.47. The molecule has 0 aliphatic heterocycles. The average Bonchev–Trinajstić information content (AvgIpc) is 2.92. The zero-order valence-corrected chi connectivity index (χ0v) is 22.3. The van der Waals surface area contributed by atoms with Crippen LogP contribution in [0.4, 0.5) is 0 Å². The van der Waals surface area contributed by atoms with Gasteiger partial charge in [-0.3, -0.25) is 9.59 Å². The maximum absolute atomic E-state index is 12.5. The molecule has 0 radical (unpaired) electrons. The highest BCUT2D eigenvalue weighted by Gasteiger charge is 2.29. The molecule has 2 rings (SSSR count). The van der Waals surface area contributed by atoms with Gasteiger partial charge in [0.1, 0.15) is 0 Å². The van der Waals surface area contributed by atoms with Crippen molar-refractivity contribution in [3.05, 3.63) is 70.8 Å². The number of nitrogens with one attached hydrogen (secondary N) is 2. The Bertz CT molecular complexity index is 1000. The van der Waals surface area contributed by atoms with Crippen LogP contribution in [0.25, 0.3) is 0 Å². The Hall–Kier alpha value is -3.44. The molecule has 2 N–H and O–H groups in total. The largest absolute Gasteiger partial charge is 0.425 e. The predicted octanol–water partition coefficient (Wildman–Crippen LogP) is 2.21. The summed E-state index contributed by atoms with van der Waals surface area (Å²) < 4.78 is 19.4. The lowest BCUT2D eigenvalue weighted by atomic mass is 9.99. The van der Waals surface area contributed by atoms with Gasteiger partial charge in [0.25, 0.3) is 0 Å². The summed E-state index contributed by atoms with van der Waals surface area (Å²) in [6.07, 6.45) is 0. The van der Waals surface area contributed by atoms with Gasteiger partial charge in [0.15, 0.2) is 0 Å². The van der Waals surface area contributed by atoms with Crippen molar-refractivity contribution in [3.63, 3.8) is 0 Å². The molecule has 0 saturated carbocycles. The van der Waals surface area contributed by atoms with Crippen molar-refractivity contribution < 1.29 is 38.1 Å². The Morgan fingerprint density at radius 1 is 0.684 bits per heavy atom. The molecule has 38 heavy (non-hydrogen) atoms. The third kappa shape index (κ3) is 10.1. The second-order valence-electron chi connectivity index (χ2n) is 8.69. The van der Waals surface area contributed by atoms with Gasteiger partial charge in [-0.2, -0.15) is 0 Å². The Morgan fingerprint density at radius 3 is 1.45 bits per heavy atom. The summed E-state index contributed by atoms with van der Waals surface area (Å²) in [6.45, 7) is 6.73. The number of rotatable bonds is 14. The second-order valence-corrected chi connectivity index (χ2v) is 8.69. The summed E-state index contributed by atoms with van der Waals surface area (Å²) in [5.74, 6) is -6.58. The monoisotopic (exact) mass is 528 g/mol. The molecule has 0 fully saturated rings. The molecule has 0 saturated heterocycles. The smallest absolute Gasteiger partial charge is 0.384 e. The van der Waals surface area contributed by atoms with E-state index in [4.69, 9.17) is 18.9 Å². The van der Waals surface area contributed by atoms with E-state index in [1.54, 1.807) is 64.5 Å². The highest BCUT2D eigenvalue weighted by atomic mass is 16.6. The van der Waals surface area contributed by atoms with Crippen LogP contribution in [-0.4, -0.2) is 64.4 Å². The van der Waals surface area contributed by atoms with Gasteiger partial charge in [-0.15, -0.1) is 0 Å². The van der Waals surface area contributed by atoms with E-state index in [2.05, 4.69) is 10.6 Å². The highest BCUT2D eigenvalue weighted by Crippen LogP contribution is 2.20. The molecule has 0 heterocycles. The summed E-state index contributed by atoms with van der Waals surface area (Å²) in [6, 6.07) is 14.4. The third-order valence-corrected chi connectivity index (χ3v) is 5.79. The van der Waals surface area contributed by atoms with Crippen molar-refractivity contribution in [2.24, 2.45) is 0 Å². The summed E-state index contributed by atoms with van der Waals surface area (Å²) in [5.41, 5.74) is 3.09. The Kier molecular flexibility index (Phi) is 13.3. The van der Waals surface area contributed by atoms with Gasteiger partial charge in [0.05, 0.1) is 25.0 Å². The predicted molar refractivity (Wildman–Crippen MR) is 139 cm³/mol. The molecule has 0 amide bonds. The van der Waals surface area contributed by atoms with Gasteiger partial charge in [0, 0.05) is 40.4 Å². The average molecular weight is 529 g/mol. The molecular formula is C28H36N2O8. The molecule has 206 valence electrons. The van der Waals surface area contributed by atoms with Gasteiger partial charge in [-0.05, 0) is 36.1 Å². The molecule has 0 bridgehead atoms. The fourth-order valence-electron chi connectivity index (χ4n) is 3.47. The molecule has 0 aliphatic rings. The molecule has 2 aromatic carbocycles. The van der Waals surface area contributed by atoms with Crippen molar-refractivity contribution in [1.29, 1.82) is 0 Å². The number of carbonyl (C=O) groups excluding carboxylic acids is 4. The highest BCUT2D eigenvalue weighted by molar-refractivity contribution is 6.33. The van der Waals surface area contributed by atoms with Crippen LogP contribution in [0.3, 0.4) is 0 Å². The molecule has 0 aliphatic carbocycles. The van der Waals surface area contributed by atoms with E-state index in [0.29, 0.717) is 50.5 Å². The Labute approximate surface area is 223 Å². The first kappa shape index (κ1) is 30.8. The molecular weight excluding hydrogens is 492 g/mol. The van der Waals surface area contributed by atoms with Crippen LogP contribution in [0, 0.1) is 0 Å². The van der Waals surface area contributed by atoms with Gasteiger partial charge in [-0.25, -0.2) is 9.59 Å². The van der Waals surface area contributed by atoms with Gasteiger partial charge >= 0.3 is 23.9 Å². The SMILES string of the molecule is COCCNCc1cccc(C(C)C(=O)OC(=O)C(=O)OC(=O)C(C)c2cccc(CNCCOC)c2)c1. The fraction of sp³-hybridized carbons (Fsp3) is 0.429. The normalized spacial score (nSPS) is 12.4. The number of carbonyl (C=O) groups is 4. The lowest BCUT2D eigenvalue weighted by Gasteiger charge is -2.13. The number of benzene rings is 2. The molecule has 0 aromatic heterocycles. The van der Waals surface area contributed by atoms with Crippen molar-refractivity contribution >= 4 is 23.9 Å². The minimum absolute atomic E-state index is 0.567. The van der Waals surface area contributed by atoms with Crippen LogP contribution >= 0.6 is 0 Å². The molecule has 10 nitrogen and oxygen atoms in total. The lowest BCUT2D eigenvalue weighted by molar-refractivity contribution is -0.178. The molecule has 10 heteroatoms. The van der Waals surface area contributed by atoms with E-state index in [0.717, 1.165) is 11.1 Å². The second kappa shape index (κ2) is 16.4. The van der Waals surface area contributed by atoms with Gasteiger partial charge in [0.2, 0.25) is 0 Å². The van der Waals surface area contributed by atoms with E-state index >= 15 is 0 Å². The minimum atomic E-state index is -1.55. The number of methoxy groups -OCH3 is 2. The van der Waals surface area contributed by atoms with Crippen molar-refractivity contribution in [3.8, 4) is 0 Å². The maximum atomic E-state index is 12.5. The van der Waals surface area contributed by atoms with E-state index in [9.17, 15) is 19.2 Å². The van der Waals surface area contributed by atoms with E-state index in [1.807, 2.05) is 12.1 Å². The third-order valence-electron chi connectivity index (χ3n) is 5.79. The van der Waals surface area contributed by atoms with Crippen LogP contribution in [0.15, 0.2) is 48.5 Å². The summed E-state index contributed by atoms with van der Waals surface area (Å²) in [5, 5.41) is 6.41. The van der Waals surface area contributed by atoms with E-state index in [1.165, 1.54) is 0 Å². The minimum Gasteiger partial charge on any atom is -0.384 e. The molecule has 2 unspecified atom stereocenters. The number of esters is 4. The van der Waals surface area contributed by atoms with Crippen LogP contribution < -0.4 is 10.6 Å². The summed E-state index contributed by atoms with van der Waals surface area (Å²) in [4.78, 5) is 49.3. The number of hydrogen-bond donors (Lipinski definition) is 2. The zero-order valence-electron chi connectivity index (χ0n) is 22.3. The van der Waals surface area contributed by atoms with Gasteiger partial charge in [-0.1, -0.05) is 48.5 Å². The van der Waals surface area contributed by atoms with Crippen molar-refractivity contribution in [2.45, 2.75) is 38.8 Å².